The highest BCUT2D eigenvalue weighted by molar-refractivity contribution is 7.89. The molecule has 0 aromatic heterocycles. The van der Waals surface area contributed by atoms with Crippen LogP contribution in [0, 0.1) is 11.6 Å². The normalized spacial score (nSPS) is 12.6. The van der Waals surface area contributed by atoms with Crippen molar-refractivity contribution in [1.82, 2.24) is 4.72 Å². The van der Waals surface area contributed by atoms with Gasteiger partial charge in [0.05, 0.1) is 24.5 Å². The Morgan fingerprint density at radius 1 is 1.16 bits per heavy atom. The van der Waals surface area contributed by atoms with E-state index in [1.165, 1.54) is 19.2 Å². The van der Waals surface area contributed by atoms with E-state index in [2.05, 4.69) is 9.46 Å². The average molecular weight is 390 g/mol. The first-order valence-corrected chi connectivity index (χ1v) is 8.88. The van der Waals surface area contributed by atoms with E-state index in [9.17, 15) is 22.0 Å². The van der Waals surface area contributed by atoms with Crippen LogP contribution in [0.15, 0.2) is 47.4 Å². The molecule has 0 saturated carbocycles. The van der Waals surface area contributed by atoms with E-state index in [0.29, 0.717) is 22.7 Å². The van der Waals surface area contributed by atoms with Crippen molar-refractivity contribution in [2.75, 3.05) is 7.11 Å². The number of carbonyl (C=O) groups excluding carboxylic acids is 1. The number of methoxy groups -OCH3 is 1. The fourth-order valence-electron chi connectivity index (χ4n) is 2.07. The molecule has 0 bridgehead atoms. The van der Waals surface area contributed by atoms with Crippen LogP contribution >= 0.6 is 11.6 Å². The van der Waals surface area contributed by atoms with Gasteiger partial charge in [0.1, 0.15) is 0 Å². The second-order valence-electron chi connectivity index (χ2n) is 5.08. The predicted octanol–water partition coefficient (Wildman–Crippen LogP) is 3.20. The topological polar surface area (TPSA) is 72.5 Å². The lowest BCUT2D eigenvalue weighted by molar-refractivity contribution is -0.141. The van der Waals surface area contributed by atoms with Gasteiger partial charge in [-0.1, -0.05) is 23.7 Å². The first-order chi connectivity index (χ1) is 11.7. The number of ether oxygens (including phenoxy) is 1. The van der Waals surface area contributed by atoms with Crippen LogP contribution in [-0.4, -0.2) is 21.5 Å². The summed E-state index contributed by atoms with van der Waals surface area (Å²) in [5.41, 5.74) is 0.459. The number of esters is 1. The zero-order valence-electron chi connectivity index (χ0n) is 13.0. The summed E-state index contributed by atoms with van der Waals surface area (Å²) < 4.78 is 58.1. The van der Waals surface area contributed by atoms with Crippen molar-refractivity contribution in [2.24, 2.45) is 0 Å². The molecule has 0 radical (unpaired) electrons. The minimum atomic E-state index is -4.21. The molecule has 0 amide bonds. The van der Waals surface area contributed by atoms with E-state index in [0.717, 1.165) is 6.07 Å². The van der Waals surface area contributed by atoms with Crippen LogP contribution in [0.2, 0.25) is 5.02 Å². The molecule has 1 unspecified atom stereocenters. The van der Waals surface area contributed by atoms with E-state index >= 15 is 0 Å². The van der Waals surface area contributed by atoms with Gasteiger partial charge in [0.25, 0.3) is 0 Å². The van der Waals surface area contributed by atoms with Gasteiger partial charge in [-0.15, -0.1) is 0 Å². The number of hydrogen-bond acceptors (Lipinski definition) is 4. The van der Waals surface area contributed by atoms with Gasteiger partial charge in [0.2, 0.25) is 10.0 Å². The fraction of sp³-hybridized carbons (Fsp3) is 0.188. The van der Waals surface area contributed by atoms with Crippen molar-refractivity contribution in [3.8, 4) is 0 Å². The molecule has 1 atom stereocenters. The standard InChI is InChI=1S/C16H14ClF2NO4S/c1-24-16(21)9-15(10-2-4-11(17)5-3-10)20-25(22,23)12-6-7-13(18)14(19)8-12/h2-8,15,20H,9H2,1H3. The van der Waals surface area contributed by atoms with E-state index in [1.807, 2.05) is 0 Å². The Morgan fingerprint density at radius 3 is 2.36 bits per heavy atom. The number of hydrogen-bond donors (Lipinski definition) is 1. The molecule has 0 aliphatic carbocycles. The lowest BCUT2D eigenvalue weighted by Crippen LogP contribution is -2.30. The van der Waals surface area contributed by atoms with Crippen LogP contribution in [0.3, 0.4) is 0 Å². The number of sulfonamides is 1. The Hall–Kier alpha value is -2.03. The summed E-state index contributed by atoms with van der Waals surface area (Å²) in [4.78, 5) is 11.1. The lowest BCUT2D eigenvalue weighted by Gasteiger charge is -2.18. The minimum absolute atomic E-state index is 0.291. The smallest absolute Gasteiger partial charge is 0.307 e. The highest BCUT2D eigenvalue weighted by Crippen LogP contribution is 2.23. The molecule has 9 heteroatoms. The number of carbonyl (C=O) groups is 1. The average Bonchev–Trinajstić information content (AvgIpc) is 2.57. The van der Waals surface area contributed by atoms with Gasteiger partial charge >= 0.3 is 5.97 Å². The summed E-state index contributed by atoms with van der Waals surface area (Å²) in [5.74, 6) is -3.10. The minimum Gasteiger partial charge on any atom is -0.469 e. The van der Waals surface area contributed by atoms with Crippen LogP contribution in [0.1, 0.15) is 18.0 Å². The highest BCUT2D eigenvalue weighted by atomic mass is 35.5. The first kappa shape index (κ1) is 19.3. The van der Waals surface area contributed by atoms with E-state index in [-0.39, 0.29) is 6.42 Å². The summed E-state index contributed by atoms with van der Waals surface area (Å²) in [6, 6.07) is 7.39. The van der Waals surface area contributed by atoms with Crippen LogP contribution in [0.25, 0.3) is 0 Å². The molecule has 0 heterocycles. The monoisotopic (exact) mass is 389 g/mol. The molecular weight excluding hydrogens is 376 g/mol. The maximum Gasteiger partial charge on any atom is 0.307 e. The molecule has 0 aliphatic rings. The second-order valence-corrected chi connectivity index (χ2v) is 7.23. The predicted molar refractivity (Wildman–Crippen MR) is 87.5 cm³/mol. The zero-order chi connectivity index (χ0) is 18.6. The zero-order valence-corrected chi connectivity index (χ0v) is 14.6. The molecule has 134 valence electrons. The van der Waals surface area contributed by atoms with Crippen molar-refractivity contribution < 1.29 is 26.7 Å². The summed E-state index contributed by atoms with van der Waals surface area (Å²) in [7, 11) is -3.04. The quantitative estimate of drug-likeness (QED) is 0.770. The molecule has 2 aromatic carbocycles. The Bertz CT molecular complexity index is 872. The SMILES string of the molecule is COC(=O)CC(NS(=O)(=O)c1ccc(F)c(F)c1)c1ccc(Cl)cc1. The van der Waals surface area contributed by atoms with Gasteiger partial charge in [-0.05, 0) is 35.9 Å². The molecule has 2 aromatic rings. The third-order valence-corrected chi connectivity index (χ3v) is 5.09. The summed E-state index contributed by atoms with van der Waals surface area (Å²) >= 11 is 5.80. The number of halogens is 3. The summed E-state index contributed by atoms with van der Waals surface area (Å²) in [6.45, 7) is 0. The Kier molecular flexibility index (Phi) is 6.10. The molecule has 0 saturated heterocycles. The molecule has 0 spiro atoms. The van der Waals surface area contributed by atoms with Gasteiger partial charge in [-0.3, -0.25) is 4.79 Å². The molecule has 2 rings (SSSR count). The molecule has 25 heavy (non-hydrogen) atoms. The number of benzene rings is 2. The largest absolute Gasteiger partial charge is 0.469 e. The Balaban J connectivity index is 2.35. The van der Waals surface area contributed by atoms with Gasteiger partial charge in [0.15, 0.2) is 11.6 Å². The maximum absolute atomic E-state index is 13.3. The lowest BCUT2D eigenvalue weighted by atomic mass is 10.1. The Labute approximate surface area is 148 Å². The van der Waals surface area contributed by atoms with Crippen molar-refractivity contribution in [1.29, 1.82) is 0 Å². The Morgan fingerprint density at radius 2 is 1.80 bits per heavy atom. The van der Waals surface area contributed by atoms with Gasteiger partial charge in [-0.25, -0.2) is 21.9 Å². The third kappa shape index (κ3) is 4.97. The van der Waals surface area contributed by atoms with Crippen LogP contribution in [0.5, 0.6) is 0 Å². The van der Waals surface area contributed by atoms with Crippen LogP contribution in [-0.2, 0) is 19.6 Å². The molecule has 0 aliphatic heterocycles. The first-order valence-electron chi connectivity index (χ1n) is 7.02. The molecule has 1 N–H and O–H groups in total. The third-order valence-electron chi connectivity index (χ3n) is 3.37. The number of nitrogens with one attached hydrogen (secondary N) is 1. The number of rotatable bonds is 6. The maximum atomic E-state index is 13.3. The van der Waals surface area contributed by atoms with Crippen molar-refractivity contribution in [2.45, 2.75) is 17.4 Å². The van der Waals surface area contributed by atoms with Gasteiger partial charge in [-0.2, -0.15) is 0 Å². The fourth-order valence-corrected chi connectivity index (χ4v) is 3.43. The molecular formula is C16H14ClF2NO4S. The highest BCUT2D eigenvalue weighted by Gasteiger charge is 2.25. The van der Waals surface area contributed by atoms with Crippen molar-refractivity contribution in [3.05, 3.63) is 64.7 Å². The van der Waals surface area contributed by atoms with E-state index < -0.39 is 38.6 Å². The van der Waals surface area contributed by atoms with Crippen molar-refractivity contribution >= 4 is 27.6 Å². The van der Waals surface area contributed by atoms with E-state index in [1.54, 1.807) is 12.1 Å². The second kappa shape index (κ2) is 7.90. The summed E-state index contributed by atoms with van der Waals surface area (Å²) in [5, 5.41) is 0.434. The van der Waals surface area contributed by atoms with E-state index in [4.69, 9.17) is 11.6 Å². The van der Waals surface area contributed by atoms with Gasteiger partial charge in [0, 0.05) is 5.02 Å². The molecule has 5 nitrogen and oxygen atoms in total. The van der Waals surface area contributed by atoms with Crippen LogP contribution in [0.4, 0.5) is 8.78 Å². The molecule has 0 fully saturated rings. The van der Waals surface area contributed by atoms with Gasteiger partial charge < -0.3 is 4.74 Å². The summed E-state index contributed by atoms with van der Waals surface area (Å²) in [6.07, 6.45) is -0.291. The van der Waals surface area contributed by atoms with Crippen LogP contribution < -0.4 is 4.72 Å². The van der Waals surface area contributed by atoms with Crippen molar-refractivity contribution in [3.63, 3.8) is 0 Å².